The molecule has 2 atom stereocenters. The third-order valence-corrected chi connectivity index (χ3v) is 5.25. The second-order valence-electron chi connectivity index (χ2n) is 8.48. The summed E-state index contributed by atoms with van der Waals surface area (Å²) in [5.74, 6) is -2.06. The number of hydrogen-bond acceptors (Lipinski definition) is 4. The van der Waals surface area contributed by atoms with Crippen molar-refractivity contribution in [3.8, 4) is 0 Å². The predicted octanol–water partition coefficient (Wildman–Crippen LogP) is 4.42. The maximum absolute atomic E-state index is 12.9. The summed E-state index contributed by atoms with van der Waals surface area (Å²) in [6.45, 7) is 6.78. The molecular weight excluding hydrogens is 358 g/mol. The monoisotopic (exact) mass is 389 g/mol. The van der Waals surface area contributed by atoms with Gasteiger partial charge >= 0.3 is 12.1 Å². The van der Waals surface area contributed by atoms with Crippen molar-refractivity contribution >= 4 is 18.0 Å². The molecule has 0 aliphatic carbocycles. The molecule has 6 heteroatoms. The van der Waals surface area contributed by atoms with Gasteiger partial charge < -0.3 is 9.84 Å². The van der Waals surface area contributed by atoms with E-state index in [1.54, 1.807) is 27.7 Å². The lowest BCUT2D eigenvalue weighted by Crippen LogP contribution is -2.55. The standard InChI is InChI=1S/C22H31NO5/c1-5-22(19(25)26)15-17(14-10-9-13-16-11-7-6-8-12-16)18(24)23(22)20(27)28-21(2,3)4/h6-8,11-12,17H,5,9-10,13-15H2,1-4H3,(H,25,26)/t17-,22+/m1/s1. The number of carbonyl (C=O) groups is 3. The van der Waals surface area contributed by atoms with Gasteiger partial charge in [0.15, 0.2) is 5.54 Å². The second-order valence-corrected chi connectivity index (χ2v) is 8.48. The Hall–Kier alpha value is -2.37. The molecule has 0 spiro atoms. The van der Waals surface area contributed by atoms with Crippen molar-refractivity contribution in [2.45, 2.75) is 77.4 Å². The number of likely N-dealkylation sites (tertiary alicyclic amines) is 1. The van der Waals surface area contributed by atoms with Gasteiger partial charge in [0, 0.05) is 5.92 Å². The number of carbonyl (C=O) groups excluding carboxylic acids is 2. The van der Waals surface area contributed by atoms with Crippen LogP contribution in [0.25, 0.3) is 0 Å². The summed E-state index contributed by atoms with van der Waals surface area (Å²) in [5.41, 5.74) is -1.09. The van der Waals surface area contributed by atoms with Gasteiger partial charge in [0.2, 0.25) is 5.91 Å². The van der Waals surface area contributed by atoms with Gasteiger partial charge in [-0.3, -0.25) is 4.79 Å². The first-order valence-electron chi connectivity index (χ1n) is 9.95. The first-order chi connectivity index (χ1) is 13.1. The lowest BCUT2D eigenvalue weighted by molar-refractivity contribution is -0.153. The van der Waals surface area contributed by atoms with Crippen LogP contribution in [0.15, 0.2) is 30.3 Å². The number of aryl methyl sites for hydroxylation is 1. The fourth-order valence-electron chi connectivity index (χ4n) is 3.78. The van der Waals surface area contributed by atoms with Crippen LogP contribution in [-0.4, -0.2) is 39.1 Å². The Kier molecular flexibility index (Phi) is 6.86. The maximum atomic E-state index is 12.9. The van der Waals surface area contributed by atoms with Gasteiger partial charge in [-0.1, -0.05) is 43.7 Å². The Morgan fingerprint density at radius 2 is 1.86 bits per heavy atom. The number of hydrogen-bond donors (Lipinski definition) is 1. The zero-order valence-corrected chi connectivity index (χ0v) is 17.2. The van der Waals surface area contributed by atoms with Crippen LogP contribution >= 0.6 is 0 Å². The van der Waals surface area contributed by atoms with Crippen molar-refractivity contribution in [2.24, 2.45) is 5.92 Å². The Bertz CT molecular complexity index is 709. The number of aliphatic carboxylic acids is 1. The van der Waals surface area contributed by atoms with E-state index < -0.39 is 35.0 Å². The van der Waals surface area contributed by atoms with Crippen molar-refractivity contribution < 1.29 is 24.2 Å². The molecule has 1 saturated heterocycles. The minimum absolute atomic E-state index is 0.141. The quantitative estimate of drug-likeness (QED) is 0.698. The summed E-state index contributed by atoms with van der Waals surface area (Å²) in [6.07, 6.45) is 2.62. The highest BCUT2D eigenvalue weighted by Gasteiger charge is 2.58. The van der Waals surface area contributed by atoms with Crippen molar-refractivity contribution in [2.75, 3.05) is 0 Å². The molecule has 1 heterocycles. The fraction of sp³-hybridized carbons (Fsp3) is 0.591. The smallest absolute Gasteiger partial charge is 0.418 e. The number of imide groups is 1. The first-order valence-corrected chi connectivity index (χ1v) is 9.95. The van der Waals surface area contributed by atoms with Gasteiger partial charge in [-0.2, -0.15) is 0 Å². The minimum Gasteiger partial charge on any atom is -0.479 e. The largest absolute Gasteiger partial charge is 0.479 e. The van der Waals surface area contributed by atoms with Gasteiger partial charge in [-0.05, 0) is 58.4 Å². The summed E-state index contributed by atoms with van der Waals surface area (Å²) < 4.78 is 5.33. The Morgan fingerprint density at radius 3 is 2.39 bits per heavy atom. The molecule has 28 heavy (non-hydrogen) atoms. The van der Waals surface area contributed by atoms with E-state index in [0.29, 0.717) is 6.42 Å². The second kappa shape index (κ2) is 8.76. The molecule has 1 N–H and O–H groups in total. The number of carboxylic acids is 1. The zero-order valence-electron chi connectivity index (χ0n) is 17.2. The molecule has 1 aromatic rings. The topological polar surface area (TPSA) is 83.9 Å². The number of unbranched alkanes of at least 4 members (excludes halogenated alkanes) is 1. The van der Waals surface area contributed by atoms with Gasteiger partial charge in [0.1, 0.15) is 5.60 Å². The average Bonchev–Trinajstić information content (AvgIpc) is 2.91. The van der Waals surface area contributed by atoms with E-state index in [9.17, 15) is 19.5 Å². The Labute approximate surface area is 166 Å². The molecule has 1 aromatic carbocycles. The van der Waals surface area contributed by atoms with E-state index in [0.717, 1.165) is 24.2 Å². The Morgan fingerprint density at radius 1 is 1.21 bits per heavy atom. The summed E-state index contributed by atoms with van der Waals surface area (Å²) in [5, 5.41) is 9.84. The normalized spacial score (nSPS) is 22.4. The molecule has 0 saturated carbocycles. The minimum atomic E-state index is -1.52. The molecule has 6 nitrogen and oxygen atoms in total. The van der Waals surface area contributed by atoms with E-state index in [1.165, 1.54) is 5.56 Å². The lowest BCUT2D eigenvalue weighted by Gasteiger charge is -2.33. The highest BCUT2D eigenvalue weighted by Crippen LogP contribution is 2.40. The summed E-state index contributed by atoms with van der Waals surface area (Å²) >= 11 is 0. The molecule has 1 aliphatic heterocycles. The van der Waals surface area contributed by atoms with E-state index >= 15 is 0 Å². The molecular formula is C22H31NO5. The molecule has 0 aromatic heterocycles. The molecule has 0 bridgehead atoms. The summed E-state index contributed by atoms with van der Waals surface area (Å²) in [4.78, 5) is 38.5. The highest BCUT2D eigenvalue weighted by molar-refractivity contribution is 6.02. The van der Waals surface area contributed by atoms with E-state index in [-0.39, 0.29) is 12.8 Å². The first kappa shape index (κ1) is 21.9. The van der Waals surface area contributed by atoms with Crippen LogP contribution in [0.4, 0.5) is 4.79 Å². The van der Waals surface area contributed by atoms with Crippen LogP contribution in [0.1, 0.15) is 65.4 Å². The van der Waals surface area contributed by atoms with Crippen LogP contribution in [0.5, 0.6) is 0 Å². The number of amides is 2. The van der Waals surface area contributed by atoms with Crippen molar-refractivity contribution in [1.82, 2.24) is 4.90 Å². The number of carboxylic acid groups (broad SMARTS) is 1. The van der Waals surface area contributed by atoms with Crippen molar-refractivity contribution in [3.05, 3.63) is 35.9 Å². The van der Waals surface area contributed by atoms with Crippen LogP contribution in [-0.2, 0) is 20.7 Å². The SMILES string of the molecule is CC[C@@]1(C(=O)O)C[C@@H](CCCCc2ccccc2)C(=O)N1C(=O)OC(C)(C)C. The van der Waals surface area contributed by atoms with Crippen LogP contribution < -0.4 is 0 Å². The third kappa shape index (κ3) is 4.91. The number of benzene rings is 1. The van der Waals surface area contributed by atoms with Gasteiger partial charge in [-0.15, -0.1) is 0 Å². The highest BCUT2D eigenvalue weighted by atomic mass is 16.6. The van der Waals surface area contributed by atoms with Crippen molar-refractivity contribution in [3.63, 3.8) is 0 Å². The molecule has 1 aliphatic rings. The molecule has 0 unspecified atom stereocenters. The molecule has 1 fully saturated rings. The van der Waals surface area contributed by atoms with Crippen LogP contribution in [0.3, 0.4) is 0 Å². The van der Waals surface area contributed by atoms with Gasteiger partial charge in [0.25, 0.3) is 0 Å². The lowest BCUT2D eigenvalue weighted by atomic mass is 9.87. The predicted molar refractivity (Wildman–Crippen MR) is 106 cm³/mol. The summed E-state index contributed by atoms with van der Waals surface area (Å²) in [6, 6.07) is 10.1. The van der Waals surface area contributed by atoms with Crippen molar-refractivity contribution in [1.29, 1.82) is 0 Å². The van der Waals surface area contributed by atoms with E-state index in [4.69, 9.17) is 4.74 Å². The van der Waals surface area contributed by atoms with E-state index in [1.807, 2.05) is 18.2 Å². The van der Waals surface area contributed by atoms with Crippen LogP contribution in [0.2, 0.25) is 0 Å². The molecule has 2 amide bonds. The number of rotatable bonds is 7. The maximum Gasteiger partial charge on any atom is 0.418 e. The molecule has 2 rings (SSSR count). The van der Waals surface area contributed by atoms with E-state index in [2.05, 4.69) is 12.1 Å². The van der Waals surface area contributed by atoms with Gasteiger partial charge in [0.05, 0.1) is 0 Å². The number of ether oxygens (including phenoxy) is 1. The third-order valence-electron chi connectivity index (χ3n) is 5.25. The molecule has 0 radical (unpaired) electrons. The fourth-order valence-corrected chi connectivity index (χ4v) is 3.78. The van der Waals surface area contributed by atoms with Gasteiger partial charge in [-0.25, -0.2) is 14.5 Å². The Balaban J connectivity index is 2.07. The zero-order chi connectivity index (χ0) is 20.9. The summed E-state index contributed by atoms with van der Waals surface area (Å²) in [7, 11) is 0. The molecule has 154 valence electrons. The van der Waals surface area contributed by atoms with Crippen LogP contribution in [0, 0.1) is 5.92 Å². The number of nitrogens with zero attached hydrogens (tertiary/aromatic N) is 1. The average molecular weight is 389 g/mol.